The van der Waals surface area contributed by atoms with Gasteiger partial charge in [-0.3, -0.25) is 0 Å². The van der Waals surface area contributed by atoms with E-state index >= 15 is 0 Å². The van der Waals surface area contributed by atoms with Gasteiger partial charge in [0, 0.05) is 12.6 Å². The van der Waals surface area contributed by atoms with Gasteiger partial charge in [-0.25, -0.2) is 0 Å². The summed E-state index contributed by atoms with van der Waals surface area (Å²) in [4.78, 5) is 0. The minimum absolute atomic E-state index is 0. The number of rotatable bonds is 6. The van der Waals surface area contributed by atoms with Crippen LogP contribution in [0.25, 0.3) is 0 Å². The molecule has 22 heavy (non-hydrogen) atoms. The molecule has 132 valence electrons. The van der Waals surface area contributed by atoms with Crippen molar-refractivity contribution < 1.29 is 9.84 Å². The third-order valence-corrected chi connectivity index (χ3v) is 3.09. The van der Waals surface area contributed by atoms with Crippen LogP contribution in [-0.4, -0.2) is 30.4 Å². The van der Waals surface area contributed by atoms with Gasteiger partial charge in [-0.1, -0.05) is 13.8 Å². The molecule has 1 atom stereocenters. The lowest BCUT2D eigenvalue weighted by Gasteiger charge is -2.18. The zero-order chi connectivity index (χ0) is 14.6. The molecule has 0 saturated carbocycles. The van der Waals surface area contributed by atoms with Crippen LogP contribution in [0.2, 0.25) is 0 Å². The molecule has 0 aliphatic carbocycles. The fraction of sp³-hybridized carbons (Fsp3) is 0.571. The van der Waals surface area contributed by atoms with E-state index in [2.05, 4.69) is 5.32 Å². The predicted molar refractivity (Wildman–Crippen MR) is 101 cm³/mol. The molecule has 1 rings (SSSR count). The number of ether oxygens (including phenoxy) is 1. The van der Waals surface area contributed by atoms with Gasteiger partial charge in [0.15, 0.2) is 0 Å². The highest BCUT2D eigenvalue weighted by Gasteiger charge is 2.12. The summed E-state index contributed by atoms with van der Waals surface area (Å²) in [5.74, 6) is 0.532. The number of hydrogen-bond acceptors (Lipinski definition) is 5. The second-order valence-electron chi connectivity index (χ2n) is 5.17. The Kier molecular flexibility index (Phi) is 14.2. The standard InChI is InChI=1S/C14H25N3O2.3ClH/c1-8(2)17-6-11(18)7-19-12-5-9(3)10(4)13(15)14(12)16;;;/h5,8,11,17-18H,6-7,15-16H2,1-4H3;3*1H. The maximum absolute atomic E-state index is 9.78. The van der Waals surface area contributed by atoms with Gasteiger partial charge in [-0.15, -0.1) is 37.2 Å². The van der Waals surface area contributed by atoms with E-state index in [1.165, 1.54) is 0 Å². The summed E-state index contributed by atoms with van der Waals surface area (Å²) in [6.45, 7) is 8.59. The monoisotopic (exact) mass is 375 g/mol. The number of nitrogens with one attached hydrogen (secondary N) is 1. The molecule has 0 bridgehead atoms. The minimum atomic E-state index is -0.579. The number of benzene rings is 1. The van der Waals surface area contributed by atoms with Crippen molar-refractivity contribution in [3.63, 3.8) is 0 Å². The second kappa shape index (κ2) is 11.9. The summed E-state index contributed by atoms with van der Waals surface area (Å²) in [5.41, 5.74) is 14.8. The van der Waals surface area contributed by atoms with Crippen molar-refractivity contribution in [2.75, 3.05) is 24.6 Å². The zero-order valence-corrected chi connectivity index (χ0v) is 15.8. The maximum Gasteiger partial charge on any atom is 0.144 e. The molecule has 0 spiro atoms. The first-order valence-corrected chi connectivity index (χ1v) is 6.52. The van der Waals surface area contributed by atoms with Crippen LogP contribution in [0.1, 0.15) is 25.0 Å². The fourth-order valence-corrected chi connectivity index (χ4v) is 1.67. The van der Waals surface area contributed by atoms with Crippen LogP contribution in [0.5, 0.6) is 5.75 Å². The van der Waals surface area contributed by atoms with Crippen molar-refractivity contribution in [3.8, 4) is 5.75 Å². The quantitative estimate of drug-likeness (QED) is 0.572. The average molecular weight is 377 g/mol. The highest BCUT2D eigenvalue weighted by atomic mass is 35.5. The van der Waals surface area contributed by atoms with Gasteiger partial charge in [-0.2, -0.15) is 0 Å². The van der Waals surface area contributed by atoms with E-state index < -0.39 is 6.10 Å². The van der Waals surface area contributed by atoms with Crippen molar-refractivity contribution in [1.29, 1.82) is 0 Å². The van der Waals surface area contributed by atoms with Gasteiger partial charge in [-0.05, 0) is 31.0 Å². The molecule has 0 radical (unpaired) electrons. The van der Waals surface area contributed by atoms with Crippen LogP contribution < -0.4 is 21.5 Å². The Balaban J connectivity index is -0.00000120. The first-order valence-electron chi connectivity index (χ1n) is 6.52. The summed E-state index contributed by atoms with van der Waals surface area (Å²) in [6.07, 6.45) is -0.579. The van der Waals surface area contributed by atoms with Crippen molar-refractivity contribution in [2.45, 2.75) is 39.8 Å². The summed E-state index contributed by atoms with van der Waals surface area (Å²) in [7, 11) is 0. The molecule has 0 saturated heterocycles. The van der Waals surface area contributed by atoms with Gasteiger partial charge in [0.1, 0.15) is 18.5 Å². The summed E-state index contributed by atoms with van der Waals surface area (Å²) < 4.78 is 5.55. The van der Waals surface area contributed by atoms with E-state index in [4.69, 9.17) is 16.2 Å². The topological polar surface area (TPSA) is 93.5 Å². The molecule has 1 aromatic rings. The van der Waals surface area contributed by atoms with Crippen LogP contribution in [0.4, 0.5) is 11.4 Å². The lowest BCUT2D eigenvalue weighted by Crippen LogP contribution is -2.35. The van der Waals surface area contributed by atoms with E-state index in [1.807, 2.05) is 33.8 Å². The van der Waals surface area contributed by atoms with E-state index in [0.29, 0.717) is 29.7 Å². The molecular weight excluding hydrogens is 349 g/mol. The number of aliphatic hydroxyl groups excluding tert-OH is 1. The molecule has 1 unspecified atom stereocenters. The molecule has 0 amide bonds. The summed E-state index contributed by atoms with van der Waals surface area (Å²) >= 11 is 0. The number of aryl methyl sites for hydroxylation is 1. The highest BCUT2D eigenvalue weighted by Crippen LogP contribution is 2.32. The van der Waals surface area contributed by atoms with Gasteiger partial charge < -0.3 is 26.6 Å². The van der Waals surface area contributed by atoms with Crippen molar-refractivity contribution in [3.05, 3.63) is 17.2 Å². The summed E-state index contributed by atoms with van der Waals surface area (Å²) in [6, 6.07) is 2.18. The molecule has 1 aromatic carbocycles. The molecule has 6 N–H and O–H groups in total. The predicted octanol–water partition coefficient (Wildman–Crippen LogP) is 2.47. The molecule has 0 aliphatic rings. The number of nitrogens with two attached hydrogens (primary N) is 2. The van der Waals surface area contributed by atoms with Crippen LogP contribution in [0.15, 0.2) is 6.07 Å². The molecule has 0 aliphatic heterocycles. The molecule has 0 heterocycles. The zero-order valence-electron chi connectivity index (χ0n) is 13.4. The van der Waals surface area contributed by atoms with E-state index in [-0.39, 0.29) is 43.8 Å². The Morgan fingerprint density at radius 1 is 1.14 bits per heavy atom. The second-order valence-corrected chi connectivity index (χ2v) is 5.17. The van der Waals surface area contributed by atoms with Crippen molar-refractivity contribution in [1.82, 2.24) is 5.32 Å². The Labute approximate surface area is 151 Å². The number of halogens is 3. The lowest BCUT2D eigenvalue weighted by atomic mass is 10.1. The largest absolute Gasteiger partial charge is 0.489 e. The maximum atomic E-state index is 9.78. The van der Waals surface area contributed by atoms with Gasteiger partial charge in [0.25, 0.3) is 0 Å². The third-order valence-electron chi connectivity index (χ3n) is 3.09. The number of nitrogen functional groups attached to an aromatic ring is 2. The third kappa shape index (κ3) is 7.61. The van der Waals surface area contributed by atoms with Gasteiger partial charge in [0.05, 0.1) is 11.4 Å². The lowest BCUT2D eigenvalue weighted by molar-refractivity contribution is 0.105. The SMILES string of the molecule is Cc1cc(OCC(O)CNC(C)C)c(N)c(N)c1C.Cl.Cl.Cl. The van der Waals surface area contributed by atoms with Gasteiger partial charge >= 0.3 is 0 Å². The Morgan fingerprint density at radius 3 is 2.18 bits per heavy atom. The van der Waals surface area contributed by atoms with E-state index in [1.54, 1.807) is 0 Å². The minimum Gasteiger partial charge on any atom is -0.489 e. The fourth-order valence-electron chi connectivity index (χ4n) is 1.67. The molecule has 0 fully saturated rings. The van der Waals surface area contributed by atoms with Crippen LogP contribution in [0.3, 0.4) is 0 Å². The number of anilines is 2. The van der Waals surface area contributed by atoms with Crippen LogP contribution in [-0.2, 0) is 0 Å². The molecule has 8 heteroatoms. The highest BCUT2D eigenvalue weighted by molar-refractivity contribution is 5.86. The number of aliphatic hydroxyl groups is 1. The first-order chi connectivity index (χ1) is 8.82. The van der Waals surface area contributed by atoms with Crippen molar-refractivity contribution in [2.24, 2.45) is 0 Å². The Hall–Kier alpha value is -0.590. The number of hydrogen-bond donors (Lipinski definition) is 4. The Bertz CT molecular complexity index is 446. The average Bonchev–Trinajstić information content (AvgIpc) is 2.36. The summed E-state index contributed by atoms with van der Waals surface area (Å²) in [5, 5.41) is 12.9. The normalized spacial score (nSPS) is 11.0. The van der Waals surface area contributed by atoms with E-state index in [9.17, 15) is 5.11 Å². The Morgan fingerprint density at radius 2 is 1.68 bits per heavy atom. The molecule has 0 aromatic heterocycles. The first kappa shape index (κ1) is 26.3. The van der Waals surface area contributed by atoms with Crippen LogP contribution in [0, 0.1) is 13.8 Å². The van der Waals surface area contributed by atoms with Gasteiger partial charge in [0.2, 0.25) is 0 Å². The van der Waals surface area contributed by atoms with E-state index in [0.717, 1.165) is 11.1 Å². The van der Waals surface area contributed by atoms with Crippen LogP contribution >= 0.6 is 37.2 Å². The molecular formula is C14H28Cl3N3O2. The van der Waals surface area contributed by atoms with Crippen molar-refractivity contribution >= 4 is 48.6 Å². The smallest absolute Gasteiger partial charge is 0.144 e. The molecule has 5 nitrogen and oxygen atoms in total.